The van der Waals surface area contributed by atoms with Gasteiger partial charge in [0.2, 0.25) is 5.91 Å². The molecule has 5 heteroatoms. The number of thiazole rings is 1. The first-order valence-corrected chi connectivity index (χ1v) is 6.99. The third-order valence-corrected chi connectivity index (χ3v) is 3.38. The second kappa shape index (κ2) is 6.89. The Morgan fingerprint density at radius 2 is 2.16 bits per heavy atom. The zero-order valence-electron chi connectivity index (χ0n) is 10.8. The van der Waals surface area contributed by atoms with Crippen molar-refractivity contribution in [1.29, 1.82) is 0 Å². The highest BCUT2D eigenvalue weighted by atomic mass is 32.1. The van der Waals surface area contributed by atoms with E-state index in [0.29, 0.717) is 19.4 Å². The first-order valence-electron chi connectivity index (χ1n) is 6.04. The Labute approximate surface area is 116 Å². The molecule has 4 nitrogen and oxygen atoms in total. The molecule has 2 aromatic rings. The Morgan fingerprint density at radius 1 is 1.37 bits per heavy atom. The molecule has 0 saturated carbocycles. The van der Waals surface area contributed by atoms with Gasteiger partial charge in [-0.15, -0.1) is 11.3 Å². The normalized spacial score (nSPS) is 10.2. The number of nitrogens with zero attached hydrogens (tertiary/aromatic N) is 1. The third-order valence-electron chi connectivity index (χ3n) is 2.74. The summed E-state index contributed by atoms with van der Waals surface area (Å²) < 4.78 is 5.08. The van der Waals surface area contributed by atoms with Crippen LogP contribution >= 0.6 is 11.3 Å². The smallest absolute Gasteiger partial charge is 0.220 e. The highest BCUT2D eigenvalue weighted by molar-refractivity contribution is 7.07. The maximum absolute atomic E-state index is 11.7. The summed E-state index contributed by atoms with van der Waals surface area (Å²) in [6, 6.07) is 7.66. The number of amides is 1. The van der Waals surface area contributed by atoms with E-state index in [4.69, 9.17) is 4.74 Å². The molecule has 0 bridgehead atoms. The van der Waals surface area contributed by atoms with Crippen molar-refractivity contribution in [2.75, 3.05) is 7.11 Å². The van der Waals surface area contributed by atoms with Crippen LogP contribution in [0, 0.1) is 0 Å². The van der Waals surface area contributed by atoms with Crippen molar-refractivity contribution >= 4 is 17.2 Å². The van der Waals surface area contributed by atoms with E-state index in [2.05, 4.69) is 10.3 Å². The minimum absolute atomic E-state index is 0.0452. The van der Waals surface area contributed by atoms with Gasteiger partial charge in [0.1, 0.15) is 5.75 Å². The molecule has 0 unspecified atom stereocenters. The van der Waals surface area contributed by atoms with Crippen LogP contribution < -0.4 is 10.1 Å². The lowest BCUT2D eigenvalue weighted by Crippen LogP contribution is -2.22. The van der Waals surface area contributed by atoms with Crippen molar-refractivity contribution in [3.8, 4) is 5.75 Å². The van der Waals surface area contributed by atoms with E-state index in [-0.39, 0.29) is 5.91 Å². The fourth-order valence-corrected chi connectivity index (χ4v) is 2.23. The van der Waals surface area contributed by atoms with E-state index in [1.54, 1.807) is 24.0 Å². The average molecular weight is 276 g/mol. The van der Waals surface area contributed by atoms with E-state index in [9.17, 15) is 4.79 Å². The highest BCUT2D eigenvalue weighted by Crippen LogP contribution is 2.11. The molecular formula is C14H16N2O2S. The third kappa shape index (κ3) is 4.37. The van der Waals surface area contributed by atoms with Crippen molar-refractivity contribution < 1.29 is 9.53 Å². The number of carbonyl (C=O) groups excluding carboxylic acids is 1. The minimum Gasteiger partial charge on any atom is -0.497 e. The second-order valence-electron chi connectivity index (χ2n) is 4.10. The number of rotatable bonds is 6. The van der Waals surface area contributed by atoms with Crippen molar-refractivity contribution in [2.24, 2.45) is 0 Å². The predicted octanol–water partition coefficient (Wildman–Crippen LogP) is 2.40. The zero-order chi connectivity index (χ0) is 13.5. The van der Waals surface area contributed by atoms with E-state index in [1.165, 1.54) is 0 Å². The molecule has 0 saturated heterocycles. The molecule has 1 heterocycles. The van der Waals surface area contributed by atoms with Gasteiger partial charge in [0, 0.05) is 18.3 Å². The molecule has 1 aromatic heterocycles. The summed E-state index contributed by atoms with van der Waals surface area (Å²) in [5, 5.41) is 4.86. The van der Waals surface area contributed by atoms with Gasteiger partial charge < -0.3 is 10.1 Å². The Kier molecular flexibility index (Phi) is 4.92. The quantitative estimate of drug-likeness (QED) is 0.881. The maximum atomic E-state index is 11.7. The fourth-order valence-electron chi connectivity index (χ4n) is 1.64. The van der Waals surface area contributed by atoms with Gasteiger partial charge in [0.25, 0.3) is 0 Å². The summed E-state index contributed by atoms with van der Waals surface area (Å²) in [6.45, 7) is 0.542. The monoisotopic (exact) mass is 276 g/mol. The Hall–Kier alpha value is -1.88. The molecule has 2 rings (SSSR count). The van der Waals surface area contributed by atoms with Crippen molar-refractivity contribution in [2.45, 2.75) is 19.4 Å². The SMILES string of the molecule is COc1ccc(CNC(=O)CCc2cscn2)cc1. The Balaban J connectivity index is 1.73. The van der Waals surface area contributed by atoms with E-state index < -0.39 is 0 Å². The van der Waals surface area contributed by atoms with Gasteiger partial charge in [0.15, 0.2) is 0 Å². The first-order chi connectivity index (χ1) is 9.28. The number of benzene rings is 1. The van der Waals surface area contributed by atoms with Crippen LogP contribution in [0.3, 0.4) is 0 Å². The summed E-state index contributed by atoms with van der Waals surface area (Å²) in [7, 11) is 1.63. The van der Waals surface area contributed by atoms with Crippen LogP contribution in [0.1, 0.15) is 17.7 Å². The van der Waals surface area contributed by atoms with Gasteiger partial charge in [-0.3, -0.25) is 4.79 Å². The molecular weight excluding hydrogens is 260 g/mol. The minimum atomic E-state index is 0.0452. The van der Waals surface area contributed by atoms with E-state index in [0.717, 1.165) is 17.0 Å². The molecule has 0 atom stereocenters. The van der Waals surface area contributed by atoms with Crippen molar-refractivity contribution in [3.05, 3.63) is 46.4 Å². The van der Waals surface area contributed by atoms with Crippen LogP contribution in [0.4, 0.5) is 0 Å². The average Bonchev–Trinajstić information content (AvgIpc) is 2.96. The standard InChI is InChI=1S/C14H16N2O2S/c1-18-13-5-2-11(3-6-13)8-15-14(17)7-4-12-9-19-10-16-12/h2-3,5-6,9-10H,4,7-8H2,1H3,(H,15,17). The van der Waals surface area contributed by atoms with Gasteiger partial charge in [-0.2, -0.15) is 0 Å². The van der Waals surface area contributed by atoms with Crippen LogP contribution in [-0.4, -0.2) is 18.0 Å². The number of nitrogens with one attached hydrogen (secondary N) is 1. The lowest BCUT2D eigenvalue weighted by atomic mass is 10.2. The van der Waals surface area contributed by atoms with Crippen LogP contribution in [0.15, 0.2) is 35.2 Å². The van der Waals surface area contributed by atoms with E-state index in [1.807, 2.05) is 29.6 Å². The number of aromatic nitrogens is 1. The van der Waals surface area contributed by atoms with E-state index >= 15 is 0 Å². The number of hydrogen-bond donors (Lipinski definition) is 1. The van der Waals surface area contributed by atoms with Gasteiger partial charge >= 0.3 is 0 Å². The predicted molar refractivity (Wildman–Crippen MR) is 75.3 cm³/mol. The number of aryl methyl sites for hydroxylation is 1. The zero-order valence-corrected chi connectivity index (χ0v) is 11.6. The second-order valence-corrected chi connectivity index (χ2v) is 4.82. The molecule has 19 heavy (non-hydrogen) atoms. The highest BCUT2D eigenvalue weighted by Gasteiger charge is 2.03. The summed E-state index contributed by atoms with van der Waals surface area (Å²) in [5.74, 6) is 0.863. The van der Waals surface area contributed by atoms with Gasteiger partial charge in [-0.25, -0.2) is 4.98 Å². The number of carbonyl (C=O) groups is 1. The largest absolute Gasteiger partial charge is 0.497 e. The fraction of sp³-hybridized carbons (Fsp3) is 0.286. The van der Waals surface area contributed by atoms with Crippen molar-refractivity contribution in [3.63, 3.8) is 0 Å². The molecule has 0 spiro atoms. The van der Waals surface area contributed by atoms with Crippen LogP contribution in [0.2, 0.25) is 0 Å². The summed E-state index contributed by atoms with van der Waals surface area (Å²) in [5.41, 5.74) is 3.82. The lowest BCUT2D eigenvalue weighted by molar-refractivity contribution is -0.121. The molecule has 0 aliphatic heterocycles. The molecule has 0 aliphatic carbocycles. The molecule has 1 amide bonds. The van der Waals surface area contributed by atoms with Crippen molar-refractivity contribution in [1.82, 2.24) is 10.3 Å². The molecule has 1 N–H and O–H groups in total. The van der Waals surface area contributed by atoms with Crippen LogP contribution in [-0.2, 0) is 17.8 Å². The molecule has 0 radical (unpaired) electrons. The van der Waals surface area contributed by atoms with Gasteiger partial charge in [-0.1, -0.05) is 12.1 Å². The first kappa shape index (κ1) is 13.5. The summed E-state index contributed by atoms with van der Waals surface area (Å²) in [6.07, 6.45) is 1.16. The summed E-state index contributed by atoms with van der Waals surface area (Å²) >= 11 is 1.55. The summed E-state index contributed by atoms with van der Waals surface area (Å²) in [4.78, 5) is 15.8. The maximum Gasteiger partial charge on any atom is 0.220 e. The number of hydrogen-bond acceptors (Lipinski definition) is 4. The van der Waals surface area contributed by atoms with Crippen LogP contribution in [0.5, 0.6) is 5.75 Å². The van der Waals surface area contributed by atoms with Crippen LogP contribution in [0.25, 0.3) is 0 Å². The molecule has 100 valence electrons. The molecule has 1 aromatic carbocycles. The molecule has 0 aliphatic rings. The molecule has 0 fully saturated rings. The lowest BCUT2D eigenvalue weighted by Gasteiger charge is -2.06. The number of methoxy groups -OCH3 is 1. The van der Waals surface area contributed by atoms with Gasteiger partial charge in [-0.05, 0) is 24.1 Å². The Bertz CT molecular complexity index is 509. The van der Waals surface area contributed by atoms with Gasteiger partial charge in [0.05, 0.1) is 18.3 Å². The number of ether oxygens (including phenoxy) is 1. The Morgan fingerprint density at radius 3 is 2.79 bits per heavy atom. The topological polar surface area (TPSA) is 51.2 Å².